The van der Waals surface area contributed by atoms with Crippen LogP contribution in [0.3, 0.4) is 0 Å². The highest BCUT2D eigenvalue weighted by Gasteiger charge is 2.23. The SMILES string of the molecule is O=C(N1CCNCC1)n1nc(-c2cccnc2)nc1NCc1ccc(F)cc1. The summed E-state index contributed by atoms with van der Waals surface area (Å²) in [5.41, 5.74) is 1.59. The van der Waals surface area contributed by atoms with E-state index in [0.29, 0.717) is 31.4 Å². The van der Waals surface area contributed by atoms with Gasteiger partial charge in [0.25, 0.3) is 0 Å². The highest BCUT2D eigenvalue weighted by molar-refractivity contribution is 5.79. The minimum Gasteiger partial charge on any atom is -0.350 e. The van der Waals surface area contributed by atoms with Crippen LogP contribution in [0.4, 0.5) is 15.1 Å². The normalized spacial score (nSPS) is 14.1. The number of rotatable bonds is 4. The van der Waals surface area contributed by atoms with E-state index in [1.165, 1.54) is 16.8 Å². The molecule has 9 heteroatoms. The molecule has 1 aliphatic rings. The van der Waals surface area contributed by atoms with Crippen molar-refractivity contribution >= 4 is 12.0 Å². The summed E-state index contributed by atoms with van der Waals surface area (Å²) < 4.78 is 14.4. The molecule has 1 aliphatic heterocycles. The molecule has 0 spiro atoms. The van der Waals surface area contributed by atoms with Crippen molar-refractivity contribution in [2.45, 2.75) is 6.54 Å². The Morgan fingerprint density at radius 3 is 2.68 bits per heavy atom. The van der Waals surface area contributed by atoms with Gasteiger partial charge >= 0.3 is 6.03 Å². The van der Waals surface area contributed by atoms with E-state index in [0.717, 1.165) is 24.2 Å². The number of nitrogens with one attached hydrogen (secondary N) is 2. The van der Waals surface area contributed by atoms with Crippen LogP contribution < -0.4 is 10.6 Å². The van der Waals surface area contributed by atoms with Gasteiger partial charge in [-0.05, 0) is 29.8 Å². The summed E-state index contributed by atoms with van der Waals surface area (Å²) in [7, 11) is 0. The van der Waals surface area contributed by atoms with E-state index in [4.69, 9.17) is 0 Å². The monoisotopic (exact) mass is 381 g/mol. The molecule has 1 fully saturated rings. The Bertz CT molecular complexity index is 937. The number of pyridine rings is 1. The van der Waals surface area contributed by atoms with Crippen LogP contribution in [-0.2, 0) is 6.54 Å². The predicted octanol–water partition coefficient (Wildman–Crippen LogP) is 1.96. The third-order valence-corrected chi connectivity index (χ3v) is 4.46. The molecule has 28 heavy (non-hydrogen) atoms. The minimum absolute atomic E-state index is 0.231. The van der Waals surface area contributed by atoms with Gasteiger partial charge in [0.05, 0.1) is 0 Å². The zero-order valence-corrected chi connectivity index (χ0v) is 15.2. The highest BCUT2D eigenvalue weighted by Crippen LogP contribution is 2.18. The Balaban J connectivity index is 1.61. The van der Waals surface area contributed by atoms with Gasteiger partial charge in [-0.3, -0.25) is 4.98 Å². The van der Waals surface area contributed by atoms with Crippen LogP contribution >= 0.6 is 0 Å². The van der Waals surface area contributed by atoms with E-state index in [1.54, 1.807) is 35.5 Å². The van der Waals surface area contributed by atoms with Crippen molar-refractivity contribution in [1.29, 1.82) is 0 Å². The van der Waals surface area contributed by atoms with Crippen LogP contribution in [0.1, 0.15) is 5.56 Å². The van der Waals surface area contributed by atoms with Gasteiger partial charge in [0.15, 0.2) is 5.82 Å². The van der Waals surface area contributed by atoms with Crippen molar-refractivity contribution in [2.24, 2.45) is 0 Å². The minimum atomic E-state index is -0.292. The second-order valence-electron chi connectivity index (χ2n) is 6.41. The maximum absolute atomic E-state index is 13.1. The molecule has 144 valence electrons. The lowest BCUT2D eigenvalue weighted by molar-refractivity contribution is 0.189. The number of halogens is 1. The average Bonchev–Trinajstić information content (AvgIpc) is 3.18. The van der Waals surface area contributed by atoms with Gasteiger partial charge in [0.1, 0.15) is 5.82 Å². The van der Waals surface area contributed by atoms with E-state index in [9.17, 15) is 9.18 Å². The number of carbonyl (C=O) groups excluding carboxylic acids is 1. The number of amides is 1. The highest BCUT2D eigenvalue weighted by atomic mass is 19.1. The molecule has 0 bridgehead atoms. The summed E-state index contributed by atoms with van der Waals surface area (Å²) in [6, 6.07) is 9.56. The maximum atomic E-state index is 13.1. The zero-order valence-electron chi connectivity index (χ0n) is 15.2. The van der Waals surface area contributed by atoms with Crippen molar-refractivity contribution in [2.75, 3.05) is 31.5 Å². The summed E-state index contributed by atoms with van der Waals surface area (Å²) in [6.45, 7) is 3.10. The fraction of sp³-hybridized carbons (Fsp3) is 0.263. The molecular formula is C19H20FN7O. The fourth-order valence-electron chi connectivity index (χ4n) is 2.95. The van der Waals surface area contributed by atoms with Gasteiger partial charge in [-0.2, -0.15) is 4.98 Å². The van der Waals surface area contributed by atoms with Crippen molar-refractivity contribution < 1.29 is 9.18 Å². The van der Waals surface area contributed by atoms with Gasteiger partial charge in [0, 0.05) is 50.7 Å². The summed E-state index contributed by atoms with van der Waals surface area (Å²) in [5, 5.41) is 10.8. The van der Waals surface area contributed by atoms with Gasteiger partial charge < -0.3 is 15.5 Å². The first-order valence-corrected chi connectivity index (χ1v) is 9.06. The molecule has 0 saturated carbocycles. The number of hydrogen-bond acceptors (Lipinski definition) is 6. The maximum Gasteiger partial charge on any atom is 0.348 e. The Hall–Kier alpha value is -3.33. The molecule has 8 nitrogen and oxygen atoms in total. The molecule has 4 rings (SSSR count). The Morgan fingerprint density at radius 2 is 1.96 bits per heavy atom. The first kappa shape index (κ1) is 18.1. The second-order valence-corrected chi connectivity index (χ2v) is 6.41. The molecule has 0 atom stereocenters. The van der Waals surface area contributed by atoms with Crippen LogP contribution in [0.2, 0.25) is 0 Å². The molecule has 1 saturated heterocycles. The lowest BCUT2D eigenvalue weighted by atomic mass is 10.2. The van der Waals surface area contributed by atoms with Gasteiger partial charge in [-0.1, -0.05) is 12.1 Å². The van der Waals surface area contributed by atoms with Gasteiger partial charge in [0.2, 0.25) is 5.95 Å². The Morgan fingerprint density at radius 1 is 1.18 bits per heavy atom. The number of benzene rings is 1. The van der Waals surface area contributed by atoms with E-state index in [-0.39, 0.29) is 11.8 Å². The third kappa shape index (κ3) is 3.99. The van der Waals surface area contributed by atoms with Crippen LogP contribution in [-0.4, -0.2) is 56.9 Å². The van der Waals surface area contributed by atoms with Crippen molar-refractivity contribution in [3.05, 3.63) is 60.2 Å². The van der Waals surface area contributed by atoms with Crippen molar-refractivity contribution in [3.63, 3.8) is 0 Å². The molecule has 0 unspecified atom stereocenters. The number of piperazine rings is 1. The standard InChI is InChI=1S/C19H20FN7O/c20-16-5-3-14(4-6-16)12-23-18-24-17(15-2-1-7-22-13-15)25-27(18)19(28)26-10-8-21-9-11-26/h1-7,13,21H,8-12H2,(H,23,24,25). The number of anilines is 1. The van der Waals surface area contributed by atoms with E-state index in [2.05, 4.69) is 25.7 Å². The Labute approximate surface area is 161 Å². The molecule has 1 amide bonds. The second kappa shape index (κ2) is 8.13. The molecule has 0 aliphatic carbocycles. The number of hydrogen-bond donors (Lipinski definition) is 2. The number of aromatic nitrogens is 4. The molecule has 0 radical (unpaired) electrons. The fourth-order valence-corrected chi connectivity index (χ4v) is 2.95. The van der Waals surface area contributed by atoms with Crippen LogP contribution in [0, 0.1) is 5.82 Å². The van der Waals surface area contributed by atoms with Gasteiger partial charge in [-0.25, -0.2) is 9.18 Å². The molecule has 3 aromatic rings. The first-order chi connectivity index (χ1) is 13.7. The summed E-state index contributed by atoms with van der Waals surface area (Å²) >= 11 is 0. The largest absolute Gasteiger partial charge is 0.350 e. The topological polar surface area (TPSA) is 88.0 Å². The third-order valence-electron chi connectivity index (χ3n) is 4.46. The van der Waals surface area contributed by atoms with Crippen LogP contribution in [0.5, 0.6) is 0 Å². The summed E-state index contributed by atoms with van der Waals surface area (Å²) in [5.74, 6) is 0.463. The van der Waals surface area contributed by atoms with Crippen molar-refractivity contribution in [1.82, 2.24) is 30.0 Å². The van der Waals surface area contributed by atoms with Crippen LogP contribution in [0.25, 0.3) is 11.4 Å². The summed E-state index contributed by atoms with van der Waals surface area (Å²) in [4.78, 5) is 23.3. The zero-order chi connectivity index (χ0) is 19.3. The Kier molecular flexibility index (Phi) is 5.24. The number of carbonyl (C=O) groups is 1. The first-order valence-electron chi connectivity index (χ1n) is 9.06. The lowest BCUT2D eigenvalue weighted by Crippen LogP contribution is -2.48. The van der Waals surface area contributed by atoms with Gasteiger partial charge in [-0.15, -0.1) is 9.78 Å². The van der Waals surface area contributed by atoms with Crippen molar-refractivity contribution in [3.8, 4) is 11.4 Å². The average molecular weight is 381 g/mol. The van der Waals surface area contributed by atoms with E-state index < -0.39 is 0 Å². The van der Waals surface area contributed by atoms with E-state index >= 15 is 0 Å². The van der Waals surface area contributed by atoms with Crippen LogP contribution in [0.15, 0.2) is 48.8 Å². The molecule has 2 N–H and O–H groups in total. The quantitative estimate of drug-likeness (QED) is 0.718. The smallest absolute Gasteiger partial charge is 0.348 e. The molecule has 2 aromatic heterocycles. The molecule has 3 heterocycles. The van der Waals surface area contributed by atoms with E-state index in [1.807, 2.05) is 6.07 Å². The number of nitrogens with zero attached hydrogens (tertiary/aromatic N) is 5. The molecule has 1 aromatic carbocycles. The summed E-state index contributed by atoms with van der Waals surface area (Å²) in [6.07, 6.45) is 3.32. The lowest BCUT2D eigenvalue weighted by Gasteiger charge is -2.27. The molecular weight excluding hydrogens is 361 g/mol. The predicted molar refractivity (Wildman–Crippen MR) is 102 cm³/mol.